The van der Waals surface area contributed by atoms with E-state index in [-0.39, 0.29) is 38.5 Å². The SMILES string of the molecule is CC[C@@H]1[C@@H]2CN(C(=O)[C@H](C(C)(C)C)NC(=O)O[C@@H]3CC4CC4[C@H]3CCCCCc3nc4ccc(OCc5ncc(C)o5)cc4nc3O2)[C@@H]1C(=O)O.Cc1cnc(COc2ccc3nc4c(nc3c2)O[C@H]2CN(C(=O)[C@H](C(C)(C)C)NC(=O)O[C@@H]3C[C@H]3CCCCC4)[C@H](C(=O)O)[C@@H]2C)o1. The number of oxazole rings is 2. The van der Waals surface area contributed by atoms with Gasteiger partial charge in [-0.1, -0.05) is 81.1 Å². The number of alkyl carbamates (subject to hydrolysis) is 2. The van der Waals surface area contributed by atoms with Crippen molar-refractivity contribution in [1.82, 2.24) is 50.3 Å². The number of nitrogens with one attached hydrogen (secondary N) is 2. The Morgan fingerprint density at radius 1 is 0.571 bits per heavy atom. The molecule has 526 valence electrons. The number of carboxylic acids is 2. The molecule has 2 unspecified atom stereocenters. The van der Waals surface area contributed by atoms with Crippen molar-refractivity contribution in [2.45, 2.75) is 221 Å². The van der Waals surface area contributed by atoms with Gasteiger partial charge in [0.1, 0.15) is 83.0 Å². The van der Waals surface area contributed by atoms with Crippen LogP contribution in [-0.2, 0) is 54.7 Å². The monoisotopic (exact) mass is 1350 g/mol. The third-order valence-corrected chi connectivity index (χ3v) is 20.5. The minimum Gasteiger partial charge on any atom is -0.484 e. The second kappa shape index (κ2) is 28.6. The van der Waals surface area contributed by atoms with Gasteiger partial charge in [-0.2, -0.15) is 0 Å². The number of rotatable bonds is 9. The number of carbonyl (C=O) groups is 6. The second-order valence-corrected chi connectivity index (χ2v) is 29.9. The van der Waals surface area contributed by atoms with Crippen molar-refractivity contribution in [3.63, 3.8) is 0 Å². The maximum atomic E-state index is 14.4. The van der Waals surface area contributed by atoms with E-state index >= 15 is 0 Å². The Labute approximate surface area is 569 Å². The quantitative estimate of drug-likeness (QED) is 0.104. The molecule has 4 N–H and O–H groups in total. The largest absolute Gasteiger partial charge is 0.484 e. The molecule has 2 saturated heterocycles. The van der Waals surface area contributed by atoms with Crippen molar-refractivity contribution >= 4 is 58.0 Å². The number of fused-ring (bicyclic) bond motifs is 12. The maximum Gasteiger partial charge on any atom is 0.408 e. The summed E-state index contributed by atoms with van der Waals surface area (Å²) in [7, 11) is 0. The fourth-order valence-corrected chi connectivity index (χ4v) is 15.0. The minimum absolute atomic E-state index is 0.00282. The van der Waals surface area contributed by atoms with E-state index in [2.05, 4.69) is 20.6 Å². The molecule has 13 rings (SSSR count). The smallest absolute Gasteiger partial charge is 0.408 e. The summed E-state index contributed by atoms with van der Waals surface area (Å²) >= 11 is 0. The Kier molecular flexibility index (Phi) is 20.1. The summed E-state index contributed by atoms with van der Waals surface area (Å²) in [5.74, 6) is 1.48. The van der Waals surface area contributed by atoms with Gasteiger partial charge in [-0.3, -0.25) is 9.59 Å². The van der Waals surface area contributed by atoms with Crippen molar-refractivity contribution in [2.75, 3.05) is 13.1 Å². The zero-order valence-corrected chi connectivity index (χ0v) is 57.6. The highest BCUT2D eigenvalue weighted by Gasteiger charge is 2.56. The number of amides is 4. The summed E-state index contributed by atoms with van der Waals surface area (Å²) in [6.45, 7) is 18.7. The number of benzene rings is 2. The van der Waals surface area contributed by atoms with Gasteiger partial charge in [-0.25, -0.2) is 49.1 Å². The third-order valence-electron chi connectivity index (χ3n) is 20.5. The molecular formula is C72H92N10O16. The molecule has 4 aromatic heterocycles. The molecular weight excluding hydrogens is 1260 g/mol. The standard InChI is InChI=1S/C38H49N5O8.C34H43N5O8/c1-6-23-30-18-43(32(23)36(45)46)35(44)33(38(3,4)5)42-37(47)51-29-15-21-14-25(21)24(29)10-8-7-9-11-27-34(50-30)41-28-16-22(12-13-26(28)40-27)48-19-31-39-17-20(2)49-31;1-18-15-35-27(45-18)17-44-21-11-12-22-24(14-21)37-30-23(36-22)10-8-6-7-9-20-13-25(20)47-33(43)38-29(34(3,4)5)31(40)39-16-26(46-30)19(2)28(39)32(41)42/h12-13,16-17,21,23-25,29-30,32-33H,6-11,14-15,18-19H2,1-5H3,(H,42,47)(H,45,46);11-12,14-15,19-20,25-26,28-29H,6-10,13,16-17H2,1-5H3,(H,38,43)(H,41,42)/t21?,23-,24-,25?,29-,30+,32+,33-;19-,20-,25-,26+,28+,29-/m11/s1. The first-order chi connectivity index (χ1) is 46.8. The van der Waals surface area contributed by atoms with E-state index in [1.165, 1.54) is 16.2 Å². The number of aryl methyl sites for hydroxylation is 4. The van der Waals surface area contributed by atoms with Gasteiger partial charge < -0.3 is 67.9 Å². The van der Waals surface area contributed by atoms with Gasteiger partial charge in [0.05, 0.1) is 47.6 Å². The molecule has 7 aliphatic rings. The minimum atomic E-state index is -1.17. The van der Waals surface area contributed by atoms with Crippen molar-refractivity contribution in [1.29, 1.82) is 0 Å². The summed E-state index contributed by atoms with van der Waals surface area (Å²) in [4.78, 5) is 111. The van der Waals surface area contributed by atoms with E-state index in [0.29, 0.717) is 123 Å². The van der Waals surface area contributed by atoms with Crippen LogP contribution in [0.5, 0.6) is 23.3 Å². The fraction of sp³-hybridized carbons (Fsp3) is 0.611. The molecule has 6 aromatic rings. The van der Waals surface area contributed by atoms with Crippen LogP contribution in [-0.4, -0.2) is 148 Å². The molecule has 0 spiro atoms. The zero-order valence-electron chi connectivity index (χ0n) is 57.6. The van der Waals surface area contributed by atoms with Crippen LogP contribution in [0, 0.1) is 60.2 Å². The molecule has 5 fully saturated rings. The summed E-state index contributed by atoms with van der Waals surface area (Å²) in [5.41, 5.74) is 2.42. The Bertz CT molecular complexity index is 3940. The Balaban J connectivity index is 0.000000187. The van der Waals surface area contributed by atoms with E-state index in [9.17, 15) is 39.0 Å². The Morgan fingerprint density at radius 3 is 1.56 bits per heavy atom. The lowest BCUT2D eigenvalue weighted by Gasteiger charge is -2.35. The topological polar surface area (TPSA) is 332 Å². The molecule has 0 radical (unpaired) electrons. The van der Waals surface area contributed by atoms with Gasteiger partial charge in [0, 0.05) is 24.0 Å². The predicted molar refractivity (Wildman–Crippen MR) is 354 cm³/mol. The maximum absolute atomic E-state index is 14.4. The van der Waals surface area contributed by atoms with Crippen LogP contribution in [0.25, 0.3) is 22.1 Å². The van der Waals surface area contributed by atoms with Crippen molar-refractivity contribution < 1.29 is 76.2 Å². The molecule has 26 heteroatoms. The summed E-state index contributed by atoms with van der Waals surface area (Å²) < 4.78 is 47.7. The van der Waals surface area contributed by atoms with E-state index < -0.39 is 95.0 Å². The number of aliphatic carboxylic acids is 2. The van der Waals surface area contributed by atoms with Crippen LogP contribution in [0.3, 0.4) is 0 Å². The van der Waals surface area contributed by atoms with Gasteiger partial charge in [0.2, 0.25) is 35.4 Å². The first-order valence-corrected chi connectivity index (χ1v) is 34.8. The number of hydrogen-bond donors (Lipinski definition) is 4. The van der Waals surface area contributed by atoms with Crippen LogP contribution in [0.15, 0.2) is 57.6 Å². The molecule has 14 atom stereocenters. The molecule has 4 bridgehead atoms. The molecule has 98 heavy (non-hydrogen) atoms. The number of carbonyl (C=O) groups excluding carboxylic acids is 4. The highest BCUT2D eigenvalue weighted by Crippen LogP contribution is 2.58. The van der Waals surface area contributed by atoms with E-state index in [0.717, 1.165) is 64.2 Å². The number of aromatic nitrogens is 6. The average molecular weight is 1350 g/mol. The lowest BCUT2D eigenvalue weighted by Crippen LogP contribution is -2.57. The highest BCUT2D eigenvalue weighted by atomic mass is 16.6. The second-order valence-electron chi connectivity index (χ2n) is 29.9. The van der Waals surface area contributed by atoms with Crippen LogP contribution in [0.1, 0.15) is 167 Å². The summed E-state index contributed by atoms with van der Waals surface area (Å²) in [6.07, 6.45) is 12.3. The molecule has 2 aromatic carbocycles. The number of ether oxygens (including phenoxy) is 6. The van der Waals surface area contributed by atoms with Gasteiger partial charge in [-0.05, 0) is 137 Å². The van der Waals surface area contributed by atoms with E-state index in [4.69, 9.17) is 57.2 Å². The van der Waals surface area contributed by atoms with Gasteiger partial charge in [0.15, 0.2) is 13.2 Å². The van der Waals surface area contributed by atoms with E-state index in [1.807, 2.05) is 86.6 Å². The zero-order chi connectivity index (χ0) is 69.5. The molecule has 3 aliphatic carbocycles. The lowest BCUT2D eigenvalue weighted by atomic mass is 9.85. The summed E-state index contributed by atoms with van der Waals surface area (Å²) in [5, 5.41) is 26.4. The van der Waals surface area contributed by atoms with Crippen LogP contribution in [0.2, 0.25) is 0 Å². The van der Waals surface area contributed by atoms with E-state index in [1.54, 1.807) is 31.5 Å². The molecule has 8 heterocycles. The first-order valence-electron chi connectivity index (χ1n) is 34.8. The van der Waals surface area contributed by atoms with Crippen LogP contribution in [0.4, 0.5) is 9.59 Å². The van der Waals surface area contributed by atoms with Crippen LogP contribution >= 0.6 is 0 Å². The molecule has 4 aliphatic heterocycles. The van der Waals surface area contributed by atoms with Gasteiger partial charge >= 0.3 is 24.1 Å². The number of carboxylic acid groups (broad SMARTS) is 2. The normalized spacial score (nSPS) is 28.5. The predicted octanol–water partition coefficient (Wildman–Crippen LogP) is 10.7. The highest BCUT2D eigenvalue weighted by molar-refractivity contribution is 5.92. The molecule has 26 nitrogen and oxygen atoms in total. The van der Waals surface area contributed by atoms with Gasteiger partial charge in [0.25, 0.3) is 0 Å². The number of nitrogens with zero attached hydrogens (tertiary/aromatic N) is 8. The Hall–Kier alpha value is -8.84. The molecule has 4 amide bonds. The van der Waals surface area contributed by atoms with Crippen molar-refractivity contribution in [3.8, 4) is 23.3 Å². The average Bonchev–Trinajstić information content (AvgIpc) is 1.59. The van der Waals surface area contributed by atoms with Crippen molar-refractivity contribution in [2.24, 2.45) is 46.3 Å². The fourth-order valence-electron chi connectivity index (χ4n) is 15.0. The lowest BCUT2D eigenvalue weighted by molar-refractivity contribution is -0.151. The van der Waals surface area contributed by atoms with Crippen molar-refractivity contribution in [3.05, 3.63) is 83.5 Å². The third kappa shape index (κ3) is 15.7. The van der Waals surface area contributed by atoms with Crippen LogP contribution < -0.4 is 29.6 Å². The van der Waals surface area contributed by atoms with Gasteiger partial charge in [-0.15, -0.1) is 0 Å². The number of hydrogen-bond acceptors (Lipinski definition) is 20. The first kappa shape index (κ1) is 69.1. The Morgan fingerprint density at radius 2 is 1.06 bits per heavy atom. The molecule has 3 saturated carbocycles. The summed E-state index contributed by atoms with van der Waals surface area (Å²) in [6, 6.07) is 6.59.